The first kappa shape index (κ1) is 56.0. The second kappa shape index (κ2) is 25.3. The third-order valence-corrected chi connectivity index (χ3v) is 14.2. The standard InChI is InChI=1S/C47H54N12O16P2/c1-24(2)36(54-34(60)17-48)43(64)52-25(3)41(62)53-29-11-9-26(10-12-29)19-69-47(66)58(4)18-27-7-5-6-8-31(27)42(63)56-46-55-40-37(44(65)57-46)51-23-59(40)45-39-38(61)33(73-45)21-71-76(67)74-32-16-30(72-35-13-14-49-22-50-35)15-28(32)20-70-77(68)75-39/h5-14,22-25,28,30,32-33,36,38-39,45,61H,15-21,48H2,1-4H3,(H3-2,52,53,54,55,56,57,60,62,63,64,65)/p+2/t25-,28+,30+,32-,33+,36-,38+,39+,45+/m0/s1. The number of rotatable bonds is 16. The number of amides is 5. The summed E-state index contributed by atoms with van der Waals surface area (Å²) in [4.78, 5) is 98.2. The fourth-order valence-electron chi connectivity index (χ4n) is 8.58. The lowest BCUT2D eigenvalue weighted by Gasteiger charge is -2.23. The molecule has 0 spiro atoms. The molecule has 5 aromatic rings. The van der Waals surface area contributed by atoms with Crippen LogP contribution < -0.4 is 37.3 Å². The monoisotopic (exact) mass is 1110 g/mol. The first-order chi connectivity index (χ1) is 36.9. The lowest BCUT2D eigenvalue weighted by atomic mass is 10.0. The minimum atomic E-state index is -2.93. The molecular weight excluding hydrogens is 1050 g/mol. The Bertz CT molecular complexity index is 3040. The van der Waals surface area contributed by atoms with Gasteiger partial charge in [0.2, 0.25) is 29.5 Å². The molecule has 30 heteroatoms. The number of hydrogen-bond donors (Lipinski definition) is 7. The Kier molecular flexibility index (Phi) is 18.4. The summed E-state index contributed by atoms with van der Waals surface area (Å²) in [7, 11) is -4.23. The Morgan fingerprint density at radius 1 is 0.935 bits per heavy atom. The van der Waals surface area contributed by atoms with Crippen molar-refractivity contribution >= 4 is 69.0 Å². The number of carbonyl (C=O) groups excluding carboxylic acids is 5. The molecule has 0 radical (unpaired) electrons. The maximum atomic E-state index is 13.9. The largest absolute Gasteiger partial charge is 0.697 e. The van der Waals surface area contributed by atoms with Crippen molar-refractivity contribution < 1.29 is 70.5 Å². The number of aliphatic hydroxyl groups excluding tert-OH is 1. The molecule has 408 valence electrons. The number of fused-ring (bicyclic) bond motifs is 4. The summed E-state index contributed by atoms with van der Waals surface area (Å²) in [6.07, 6.45) is -2.71. The third-order valence-electron chi connectivity index (χ3n) is 12.6. The highest BCUT2D eigenvalue weighted by Gasteiger charge is 2.54. The average Bonchev–Trinajstić information content (AvgIpc) is 4.13. The number of hydrogen-bond acceptors (Lipinski definition) is 21. The van der Waals surface area contributed by atoms with E-state index in [0.29, 0.717) is 29.1 Å². The van der Waals surface area contributed by atoms with E-state index in [-0.39, 0.29) is 61.3 Å². The maximum absolute atomic E-state index is 13.9. The second-order valence-electron chi connectivity index (χ2n) is 18.5. The zero-order valence-corrected chi connectivity index (χ0v) is 43.7. The van der Waals surface area contributed by atoms with E-state index in [2.05, 4.69) is 46.2 Å². The van der Waals surface area contributed by atoms with Crippen LogP contribution in [0.5, 0.6) is 5.88 Å². The maximum Gasteiger partial charge on any atom is 0.697 e. The number of imidazole rings is 1. The molecule has 3 aliphatic rings. The van der Waals surface area contributed by atoms with Crippen LogP contribution in [0.1, 0.15) is 61.3 Å². The minimum absolute atomic E-state index is 0.0879. The van der Waals surface area contributed by atoms with Gasteiger partial charge in [0, 0.05) is 58.6 Å². The van der Waals surface area contributed by atoms with Gasteiger partial charge in [-0.25, -0.2) is 19.7 Å². The molecule has 5 amide bonds. The molecule has 8 N–H and O–H groups in total. The molecule has 2 bridgehead atoms. The van der Waals surface area contributed by atoms with Crippen LogP contribution in [0.15, 0.2) is 78.2 Å². The molecule has 28 nitrogen and oxygen atoms in total. The zero-order chi connectivity index (χ0) is 54.9. The fourth-order valence-corrected chi connectivity index (χ4v) is 10.2. The van der Waals surface area contributed by atoms with Crippen molar-refractivity contribution in [1.29, 1.82) is 0 Å². The number of H-pyrrole nitrogens is 1. The summed E-state index contributed by atoms with van der Waals surface area (Å²) >= 11 is 0. The number of benzene rings is 2. The average molecular weight is 1110 g/mol. The second-order valence-corrected chi connectivity index (χ2v) is 20.3. The number of aromatic amines is 1. The Hall–Kier alpha value is -7.26. The van der Waals surface area contributed by atoms with E-state index in [1.165, 1.54) is 48.4 Å². The smallest absolute Gasteiger partial charge is 0.474 e. The molecule has 11 atom stereocenters. The summed E-state index contributed by atoms with van der Waals surface area (Å²) < 4.78 is 68.0. The normalized spacial score (nSPS) is 23.3. The van der Waals surface area contributed by atoms with E-state index in [9.17, 15) is 43.0 Å². The Labute approximate surface area is 440 Å². The van der Waals surface area contributed by atoms with Crippen LogP contribution in [-0.2, 0) is 64.2 Å². The van der Waals surface area contributed by atoms with Crippen LogP contribution in [0.4, 0.5) is 16.4 Å². The Balaban J connectivity index is 0.871. The van der Waals surface area contributed by atoms with Crippen molar-refractivity contribution in [2.75, 3.05) is 37.4 Å². The van der Waals surface area contributed by atoms with Crippen molar-refractivity contribution in [2.24, 2.45) is 17.6 Å². The Morgan fingerprint density at radius 3 is 2.43 bits per heavy atom. The van der Waals surface area contributed by atoms with Crippen LogP contribution >= 0.6 is 16.5 Å². The molecule has 77 heavy (non-hydrogen) atoms. The van der Waals surface area contributed by atoms with E-state index in [1.54, 1.807) is 62.4 Å². The molecule has 1 saturated carbocycles. The summed E-state index contributed by atoms with van der Waals surface area (Å²) in [6.45, 7) is 3.84. The zero-order valence-electron chi connectivity index (χ0n) is 41.9. The first-order valence-corrected chi connectivity index (χ1v) is 26.4. The number of nitrogens with two attached hydrogens (primary N) is 1. The van der Waals surface area contributed by atoms with E-state index in [0.717, 1.165) is 0 Å². The number of anilines is 2. The summed E-state index contributed by atoms with van der Waals surface area (Å²) in [5, 5.41) is 21.8. The van der Waals surface area contributed by atoms with Gasteiger partial charge in [0.15, 0.2) is 23.5 Å². The summed E-state index contributed by atoms with van der Waals surface area (Å²) in [6, 6.07) is 12.6. The van der Waals surface area contributed by atoms with Crippen molar-refractivity contribution in [3.63, 3.8) is 0 Å². The topological polar surface area (TPSA) is 371 Å². The molecule has 8 rings (SSSR count). The van der Waals surface area contributed by atoms with Crippen molar-refractivity contribution in [1.82, 2.24) is 45.0 Å². The van der Waals surface area contributed by atoms with Crippen molar-refractivity contribution in [3.05, 3.63) is 100 Å². The van der Waals surface area contributed by atoms with Gasteiger partial charge in [-0.2, -0.15) is 4.98 Å². The van der Waals surface area contributed by atoms with Crippen molar-refractivity contribution in [3.8, 4) is 5.88 Å². The predicted molar refractivity (Wildman–Crippen MR) is 269 cm³/mol. The highest BCUT2D eigenvalue weighted by molar-refractivity contribution is 7.33. The number of ether oxygens (including phenoxy) is 3. The van der Waals surface area contributed by atoms with Crippen LogP contribution in [0.3, 0.4) is 0 Å². The highest BCUT2D eigenvalue weighted by Crippen LogP contribution is 2.44. The van der Waals surface area contributed by atoms with E-state index in [4.69, 9.17) is 38.0 Å². The van der Waals surface area contributed by atoms with Crippen molar-refractivity contribution in [2.45, 2.75) is 95.6 Å². The molecule has 3 aromatic heterocycles. The van der Waals surface area contributed by atoms with Gasteiger partial charge in [0.05, 0.1) is 12.9 Å². The summed E-state index contributed by atoms with van der Waals surface area (Å²) in [5.74, 6) is -2.98. The van der Waals surface area contributed by atoms with E-state index >= 15 is 0 Å². The van der Waals surface area contributed by atoms with Gasteiger partial charge in [-0.05, 0) is 48.6 Å². The van der Waals surface area contributed by atoms with Gasteiger partial charge < -0.3 is 45.9 Å². The third kappa shape index (κ3) is 14.0. The number of carbonyl (C=O) groups is 5. The number of aliphatic hydroxyl groups is 1. The molecule has 2 aliphatic heterocycles. The summed E-state index contributed by atoms with van der Waals surface area (Å²) in [5.41, 5.74) is 5.77. The highest BCUT2D eigenvalue weighted by atomic mass is 31.1. The molecule has 2 saturated heterocycles. The van der Waals surface area contributed by atoms with Crippen LogP contribution in [0, 0.1) is 11.8 Å². The molecule has 3 fully saturated rings. The van der Waals surface area contributed by atoms with Gasteiger partial charge in [-0.3, -0.25) is 38.8 Å². The van der Waals surface area contributed by atoms with E-state index in [1.807, 2.05) is 0 Å². The molecule has 2 unspecified atom stereocenters. The van der Waals surface area contributed by atoms with E-state index < -0.39 is 113 Å². The van der Waals surface area contributed by atoms with Crippen LogP contribution in [-0.4, -0.2) is 139 Å². The van der Waals surface area contributed by atoms with Crippen LogP contribution in [0.25, 0.3) is 11.2 Å². The fraction of sp³-hybridized carbons (Fsp3) is 0.447. The van der Waals surface area contributed by atoms with Crippen LogP contribution in [0.2, 0.25) is 0 Å². The molecular formula is C47H56N12O16P2+2. The lowest BCUT2D eigenvalue weighted by molar-refractivity contribution is -0.131. The number of nitrogens with zero attached hydrogens (tertiary/aromatic N) is 6. The Morgan fingerprint density at radius 2 is 1.69 bits per heavy atom. The van der Waals surface area contributed by atoms with Gasteiger partial charge in [-0.15, -0.1) is 18.1 Å². The molecule has 1 aliphatic carbocycles. The van der Waals surface area contributed by atoms with Gasteiger partial charge >= 0.3 is 22.6 Å². The quantitative estimate of drug-likeness (QED) is 0.0698. The molecule has 2 aromatic carbocycles. The van der Waals surface area contributed by atoms with Gasteiger partial charge in [0.1, 0.15) is 62.6 Å². The number of aromatic nitrogens is 6. The SMILES string of the molecule is CC(C)[C@H](NC(=O)CN)C(=O)N[C@@H](C)C(=O)Nc1ccc(COC(=O)N(C)Cc2ccccc2C(=O)Nc2nc3c(ncn3[C@@H]3O[C@@H]4CO[P+](=O)O[C@H]5C[C@H](Oc6ccncn6)C[C@@H]5CO[P+](=O)O[C@@H]3[C@@H]4O)c(=O)[nH]2)cc1. The number of nitrogens with one attached hydrogen (secondary N) is 5. The first-order valence-electron chi connectivity index (χ1n) is 24.2. The lowest BCUT2D eigenvalue weighted by Crippen LogP contribution is -2.54. The minimum Gasteiger partial charge on any atom is -0.474 e. The molecule has 5 heterocycles. The predicted octanol–water partition coefficient (Wildman–Crippen LogP) is 2.72. The van der Waals surface area contributed by atoms with Gasteiger partial charge in [-0.1, -0.05) is 44.2 Å². The van der Waals surface area contributed by atoms with Gasteiger partial charge in [0.25, 0.3) is 11.5 Å².